The SMILES string of the molecule is Fc1cccc2c(Br)n[nH]c12. The number of fused-ring (bicyclic) bond motifs is 1. The number of aromatic nitrogens is 2. The van der Waals surface area contributed by atoms with Crippen LogP contribution in [-0.4, -0.2) is 10.2 Å². The lowest BCUT2D eigenvalue weighted by atomic mass is 10.2. The molecule has 0 bridgehead atoms. The van der Waals surface area contributed by atoms with Crippen LogP contribution < -0.4 is 0 Å². The standard InChI is InChI=1S/C7H4BrFN2/c8-7-4-2-1-3-5(9)6(4)10-11-7/h1-3H,(H,10,11). The Morgan fingerprint density at radius 3 is 3.00 bits per heavy atom. The number of nitrogens with zero attached hydrogens (tertiary/aromatic N) is 1. The Hall–Kier alpha value is -0.900. The maximum atomic E-state index is 12.9. The smallest absolute Gasteiger partial charge is 0.148 e. The molecule has 11 heavy (non-hydrogen) atoms. The Kier molecular flexibility index (Phi) is 1.42. The van der Waals surface area contributed by atoms with Crippen LogP contribution in [0.1, 0.15) is 0 Å². The molecule has 0 unspecified atom stereocenters. The maximum Gasteiger partial charge on any atom is 0.148 e. The van der Waals surface area contributed by atoms with E-state index in [2.05, 4.69) is 26.1 Å². The maximum absolute atomic E-state index is 12.9. The zero-order chi connectivity index (χ0) is 7.84. The number of halogens is 2. The number of nitrogens with one attached hydrogen (secondary N) is 1. The highest BCUT2D eigenvalue weighted by Crippen LogP contribution is 2.21. The van der Waals surface area contributed by atoms with Crippen molar-refractivity contribution in [1.82, 2.24) is 10.2 Å². The Bertz CT molecular complexity index is 396. The van der Waals surface area contributed by atoms with Crippen LogP contribution in [0.4, 0.5) is 4.39 Å². The number of hydrogen-bond acceptors (Lipinski definition) is 1. The lowest BCUT2D eigenvalue weighted by Crippen LogP contribution is -1.75. The first-order chi connectivity index (χ1) is 5.29. The molecule has 1 aromatic carbocycles. The van der Waals surface area contributed by atoms with Gasteiger partial charge in [-0.15, -0.1) is 0 Å². The molecule has 2 rings (SSSR count). The fraction of sp³-hybridized carbons (Fsp3) is 0. The third-order valence-electron chi connectivity index (χ3n) is 1.50. The minimum atomic E-state index is -0.277. The van der Waals surface area contributed by atoms with Gasteiger partial charge in [0.25, 0.3) is 0 Å². The van der Waals surface area contributed by atoms with Gasteiger partial charge in [0.15, 0.2) is 0 Å². The average Bonchev–Trinajstić information content (AvgIpc) is 2.35. The molecule has 4 heteroatoms. The van der Waals surface area contributed by atoms with Crippen molar-refractivity contribution in [2.45, 2.75) is 0 Å². The van der Waals surface area contributed by atoms with Gasteiger partial charge < -0.3 is 0 Å². The van der Waals surface area contributed by atoms with Gasteiger partial charge in [-0.1, -0.05) is 6.07 Å². The van der Waals surface area contributed by atoms with E-state index >= 15 is 0 Å². The van der Waals surface area contributed by atoms with Crippen LogP contribution in [0.3, 0.4) is 0 Å². The van der Waals surface area contributed by atoms with Crippen molar-refractivity contribution in [3.8, 4) is 0 Å². The molecule has 1 heterocycles. The highest BCUT2D eigenvalue weighted by atomic mass is 79.9. The first kappa shape index (κ1) is 6.79. The van der Waals surface area contributed by atoms with Crippen LogP contribution >= 0.6 is 15.9 Å². The molecule has 0 fully saturated rings. The molecule has 1 N–H and O–H groups in total. The molecule has 0 aliphatic heterocycles. The van der Waals surface area contributed by atoms with Gasteiger partial charge in [-0.3, -0.25) is 5.10 Å². The number of H-pyrrole nitrogens is 1. The minimum Gasteiger partial charge on any atom is -0.274 e. The molecule has 56 valence electrons. The van der Waals surface area contributed by atoms with Crippen LogP contribution in [-0.2, 0) is 0 Å². The van der Waals surface area contributed by atoms with E-state index in [1.54, 1.807) is 12.1 Å². The van der Waals surface area contributed by atoms with Gasteiger partial charge in [0.05, 0.1) is 0 Å². The summed E-state index contributed by atoms with van der Waals surface area (Å²) in [5.74, 6) is -0.277. The quantitative estimate of drug-likeness (QED) is 0.718. The monoisotopic (exact) mass is 214 g/mol. The lowest BCUT2D eigenvalue weighted by Gasteiger charge is -1.88. The summed E-state index contributed by atoms with van der Waals surface area (Å²) in [6, 6.07) is 4.84. The van der Waals surface area contributed by atoms with Gasteiger partial charge in [0.2, 0.25) is 0 Å². The van der Waals surface area contributed by atoms with Gasteiger partial charge in [-0.05, 0) is 28.1 Å². The van der Waals surface area contributed by atoms with Crippen LogP contribution in [0.5, 0.6) is 0 Å². The van der Waals surface area contributed by atoms with Crippen molar-refractivity contribution in [3.63, 3.8) is 0 Å². The van der Waals surface area contributed by atoms with Crippen LogP contribution in [0.2, 0.25) is 0 Å². The third-order valence-corrected chi connectivity index (χ3v) is 2.11. The minimum absolute atomic E-state index is 0.277. The van der Waals surface area contributed by atoms with Gasteiger partial charge in [-0.2, -0.15) is 5.10 Å². The van der Waals surface area contributed by atoms with E-state index in [1.165, 1.54) is 6.07 Å². The Labute approximate surface area is 70.5 Å². The Morgan fingerprint density at radius 2 is 2.27 bits per heavy atom. The molecular formula is C7H4BrFN2. The molecular weight excluding hydrogens is 211 g/mol. The van der Waals surface area contributed by atoms with E-state index in [4.69, 9.17) is 0 Å². The van der Waals surface area contributed by atoms with Crippen molar-refractivity contribution in [1.29, 1.82) is 0 Å². The number of benzene rings is 1. The molecule has 0 amide bonds. The third kappa shape index (κ3) is 0.939. The Morgan fingerprint density at radius 1 is 1.45 bits per heavy atom. The van der Waals surface area contributed by atoms with Crippen LogP contribution in [0, 0.1) is 5.82 Å². The molecule has 0 radical (unpaired) electrons. The van der Waals surface area contributed by atoms with Crippen molar-refractivity contribution in [2.24, 2.45) is 0 Å². The van der Waals surface area contributed by atoms with Gasteiger partial charge in [-0.25, -0.2) is 4.39 Å². The van der Waals surface area contributed by atoms with Gasteiger partial charge in [0, 0.05) is 5.39 Å². The summed E-state index contributed by atoms with van der Waals surface area (Å²) in [5, 5.41) is 7.16. The normalized spacial score (nSPS) is 10.7. The van der Waals surface area contributed by atoms with Gasteiger partial charge >= 0.3 is 0 Å². The van der Waals surface area contributed by atoms with Crippen molar-refractivity contribution < 1.29 is 4.39 Å². The lowest BCUT2D eigenvalue weighted by molar-refractivity contribution is 0.636. The summed E-state index contributed by atoms with van der Waals surface area (Å²) >= 11 is 3.19. The van der Waals surface area contributed by atoms with E-state index in [0.29, 0.717) is 10.1 Å². The molecule has 0 atom stereocenters. The van der Waals surface area contributed by atoms with E-state index in [0.717, 1.165) is 5.39 Å². The number of rotatable bonds is 0. The van der Waals surface area contributed by atoms with E-state index in [1.807, 2.05) is 0 Å². The molecule has 0 aliphatic carbocycles. The van der Waals surface area contributed by atoms with Crippen LogP contribution in [0.15, 0.2) is 22.8 Å². The summed E-state index contributed by atoms with van der Waals surface area (Å²) in [7, 11) is 0. The second kappa shape index (κ2) is 2.30. The topological polar surface area (TPSA) is 28.7 Å². The summed E-state index contributed by atoms with van der Waals surface area (Å²) in [4.78, 5) is 0. The number of aromatic amines is 1. The van der Waals surface area contributed by atoms with E-state index in [-0.39, 0.29) is 5.82 Å². The first-order valence-electron chi connectivity index (χ1n) is 3.07. The molecule has 2 aromatic rings. The molecule has 0 saturated heterocycles. The first-order valence-corrected chi connectivity index (χ1v) is 3.86. The summed E-state index contributed by atoms with van der Waals surface area (Å²) in [6.45, 7) is 0. The average molecular weight is 215 g/mol. The highest BCUT2D eigenvalue weighted by Gasteiger charge is 2.04. The van der Waals surface area contributed by atoms with Crippen molar-refractivity contribution in [3.05, 3.63) is 28.6 Å². The Balaban J connectivity index is 2.94. The predicted molar refractivity (Wildman–Crippen MR) is 43.8 cm³/mol. The largest absolute Gasteiger partial charge is 0.274 e. The second-order valence-electron chi connectivity index (χ2n) is 2.18. The number of para-hydroxylation sites is 1. The number of hydrogen-bond donors (Lipinski definition) is 1. The summed E-state index contributed by atoms with van der Waals surface area (Å²) in [5.41, 5.74) is 0.444. The fourth-order valence-corrected chi connectivity index (χ4v) is 1.39. The molecule has 0 aliphatic rings. The molecule has 0 saturated carbocycles. The van der Waals surface area contributed by atoms with Gasteiger partial charge in [0.1, 0.15) is 15.9 Å². The fourth-order valence-electron chi connectivity index (χ4n) is 0.975. The second-order valence-corrected chi connectivity index (χ2v) is 2.93. The van der Waals surface area contributed by atoms with Crippen molar-refractivity contribution >= 4 is 26.8 Å². The van der Waals surface area contributed by atoms with E-state index in [9.17, 15) is 4.39 Å². The molecule has 2 nitrogen and oxygen atoms in total. The molecule has 0 spiro atoms. The summed E-state index contributed by atoms with van der Waals surface area (Å²) in [6.07, 6.45) is 0. The zero-order valence-electron chi connectivity index (χ0n) is 5.44. The summed E-state index contributed by atoms with van der Waals surface area (Å²) < 4.78 is 13.6. The predicted octanol–water partition coefficient (Wildman–Crippen LogP) is 2.46. The van der Waals surface area contributed by atoms with E-state index < -0.39 is 0 Å². The van der Waals surface area contributed by atoms with Crippen LogP contribution in [0.25, 0.3) is 10.9 Å². The molecule has 1 aromatic heterocycles. The highest BCUT2D eigenvalue weighted by molar-refractivity contribution is 9.10. The zero-order valence-corrected chi connectivity index (χ0v) is 7.02. The van der Waals surface area contributed by atoms with Crippen molar-refractivity contribution in [2.75, 3.05) is 0 Å².